The van der Waals surface area contributed by atoms with Gasteiger partial charge in [-0.1, -0.05) is 19.9 Å². The van der Waals surface area contributed by atoms with Crippen molar-refractivity contribution in [1.29, 1.82) is 0 Å². The molecule has 1 aliphatic rings. The highest BCUT2D eigenvalue weighted by atomic mass is 32.1. The van der Waals surface area contributed by atoms with Gasteiger partial charge in [-0.15, -0.1) is 11.3 Å². The van der Waals surface area contributed by atoms with E-state index in [9.17, 15) is 0 Å². The van der Waals surface area contributed by atoms with Crippen LogP contribution in [0.15, 0.2) is 22.5 Å². The van der Waals surface area contributed by atoms with E-state index in [4.69, 9.17) is 4.99 Å². The van der Waals surface area contributed by atoms with Gasteiger partial charge in [0.15, 0.2) is 5.96 Å². The Labute approximate surface area is 145 Å². The topological polar surface area (TPSA) is 39.7 Å². The average molecular weight is 337 g/mol. The van der Waals surface area contributed by atoms with Crippen LogP contribution in [0, 0.1) is 5.92 Å². The fourth-order valence-corrected chi connectivity index (χ4v) is 3.89. The zero-order valence-electron chi connectivity index (χ0n) is 15.1. The molecule has 2 rings (SSSR count). The van der Waals surface area contributed by atoms with Gasteiger partial charge in [0, 0.05) is 29.9 Å². The molecular weight excluding hydrogens is 304 g/mol. The molecule has 1 saturated heterocycles. The van der Waals surface area contributed by atoms with Crippen LogP contribution in [0.3, 0.4) is 0 Å². The number of nitrogens with one attached hydrogen (secondary N) is 2. The predicted molar refractivity (Wildman–Crippen MR) is 102 cm³/mol. The minimum Gasteiger partial charge on any atom is -0.357 e. The lowest BCUT2D eigenvalue weighted by Crippen LogP contribution is -2.44. The van der Waals surface area contributed by atoms with E-state index in [2.05, 4.69) is 60.9 Å². The largest absolute Gasteiger partial charge is 0.357 e. The SMILES string of the molecule is CCNC(=NCC(C)(C)c1cccs1)NCC1CCCN(C)C1. The molecule has 0 spiro atoms. The Morgan fingerprint density at radius 3 is 2.91 bits per heavy atom. The number of aliphatic imine (C=N–C) groups is 1. The van der Waals surface area contributed by atoms with Crippen molar-refractivity contribution in [2.75, 3.05) is 39.8 Å². The first-order valence-corrected chi connectivity index (χ1v) is 9.64. The summed E-state index contributed by atoms with van der Waals surface area (Å²) >= 11 is 1.82. The third-order valence-electron chi connectivity index (χ3n) is 4.45. The lowest BCUT2D eigenvalue weighted by atomic mass is 9.92. The van der Waals surface area contributed by atoms with Crippen molar-refractivity contribution in [3.63, 3.8) is 0 Å². The first-order chi connectivity index (χ1) is 11.0. The molecule has 4 nitrogen and oxygen atoms in total. The van der Waals surface area contributed by atoms with Crippen LogP contribution in [0.4, 0.5) is 0 Å². The third-order valence-corrected chi connectivity index (χ3v) is 5.68. The molecule has 1 unspecified atom stereocenters. The number of rotatable bonds is 6. The average Bonchev–Trinajstić information content (AvgIpc) is 3.05. The van der Waals surface area contributed by atoms with Crippen molar-refractivity contribution >= 4 is 17.3 Å². The molecule has 0 amide bonds. The Kier molecular flexibility index (Phi) is 6.90. The number of likely N-dealkylation sites (tertiary alicyclic amines) is 1. The fourth-order valence-electron chi connectivity index (χ4n) is 3.04. The van der Waals surface area contributed by atoms with Gasteiger partial charge in [0.25, 0.3) is 0 Å². The molecule has 2 N–H and O–H groups in total. The minimum absolute atomic E-state index is 0.0849. The first-order valence-electron chi connectivity index (χ1n) is 8.76. The van der Waals surface area contributed by atoms with E-state index in [0.29, 0.717) is 0 Å². The van der Waals surface area contributed by atoms with E-state index in [0.717, 1.165) is 31.5 Å². The summed E-state index contributed by atoms with van der Waals surface area (Å²) in [5.41, 5.74) is 0.0849. The van der Waals surface area contributed by atoms with Crippen LogP contribution in [-0.2, 0) is 5.41 Å². The van der Waals surface area contributed by atoms with Gasteiger partial charge in [-0.05, 0) is 50.7 Å². The van der Waals surface area contributed by atoms with Crippen LogP contribution in [0.5, 0.6) is 0 Å². The second-order valence-corrected chi connectivity index (χ2v) is 8.16. The van der Waals surface area contributed by atoms with E-state index < -0.39 is 0 Å². The summed E-state index contributed by atoms with van der Waals surface area (Å²) in [5.74, 6) is 1.67. The van der Waals surface area contributed by atoms with E-state index in [-0.39, 0.29) is 5.41 Å². The summed E-state index contributed by atoms with van der Waals surface area (Å²) < 4.78 is 0. The molecule has 1 aromatic heterocycles. The number of guanidine groups is 1. The normalized spacial score (nSPS) is 20.5. The van der Waals surface area contributed by atoms with Crippen LogP contribution in [-0.4, -0.2) is 50.6 Å². The van der Waals surface area contributed by atoms with Gasteiger partial charge in [0.1, 0.15) is 0 Å². The molecule has 0 aliphatic carbocycles. The second-order valence-electron chi connectivity index (χ2n) is 7.21. The summed E-state index contributed by atoms with van der Waals surface area (Å²) in [7, 11) is 2.22. The monoisotopic (exact) mass is 336 g/mol. The number of piperidine rings is 1. The molecule has 0 radical (unpaired) electrons. The number of thiophene rings is 1. The molecule has 5 heteroatoms. The van der Waals surface area contributed by atoms with Gasteiger partial charge in [0.05, 0.1) is 6.54 Å². The predicted octanol–water partition coefficient (Wildman–Crippen LogP) is 2.92. The molecule has 1 atom stereocenters. The Morgan fingerprint density at radius 2 is 2.26 bits per heavy atom. The van der Waals surface area contributed by atoms with Gasteiger partial charge in [-0.3, -0.25) is 4.99 Å². The maximum atomic E-state index is 4.83. The standard InChI is InChI=1S/C18H32N4S/c1-5-19-17(20-12-15-8-6-10-22(4)13-15)21-14-18(2,3)16-9-7-11-23-16/h7,9,11,15H,5-6,8,10,12-14H2,1-4H3,(H2,19,20,21). The summed E-state index contributed by atoms with van der Waals surface area (Å²) in [5, 5.41) is 9.07. The summed E-state index contributed by atoms with van der Waals surface area (Å²) in [6.45, 7) is 11.8. The Bertz CT molecular complexity index is 481. The van der Waals surface area contributed by atoms with Crippen LogP contribution in [0.25, 0.3) is 0 Å². The summed E-state index contributed by atoms with van der Waals surface area (Å²) in [6.07, 6.45) is 2.62. The zero-order chi connectivity index (χ0) is 16.7. The Hall–Kier alpha value is -1.07. The molecule has 0 saturated carbocycles. The van der Waals surface area contributed by atoms with Crippen LogP contribution in [0.1, 0.15) is 38.5 Å². The van der Waals surface area contributed by atoms with Gasteiger partial charge < -0.3 is 15.5 Å². The van der Waals surface area contributed by atoms with Crippen molar-refractivity contribution < 1.29 is 0 Å². The van der Waals surface area contributed by atoms with Crippen LogP contribution in [0.2, 0.25) is 0 Å². The maximum Gasteiger partial charge on any atom is 0.191 e. The van der Waals surface area contributed by atoms with Crippen LogP contribution >= 0.6 is 11.3 Å². The highest BCUT2D eigenvalue weighted by Crippen LogP contribution is 2.27. The molecule has 1 aromatic rings. The third kappa shape index (κ3) is 5.81. The van der Waals surface area contributed by atoms with E-state index >= 15 is 0 Å². The van der Waals surface area contributed by atoms with Crippen LogP contribution < -0.4 is 10.6 Å². The number of nitrogens with zero attached hydrogens (tertiary/aromatic N) is 2. The lowest BCUT2D eigenvalue weighted by Gasteiger charge is -2.30. The molecule has 23 heavy (non-hydrogen) atoms. The van der Waals surface area contributed by atoms with Crippen molar-refractivity contribution in [3.8, 4) is 0 Å². The van der Waals surface area contributed by atoms with E-state index in [1.54, 1.807) is 0 Å². The quantitative estimate of drug-likeness (QED) is 0.620. The van der Waals surface area contributed by atoms with Crippen molar-refractivity contribution in [2.24, 2.45) is 10.9 Å². The summed E-state index contributed by atoms with van der Waals surface area (Å²) in [4.78, 5) is 8.66. The molecule has 0 aromatic carbocycles. The summed E-state index contributed by atoms with van der Waals surface area (Å²) in [6, 6.07) is 4.33. The fraction of sp³-hybridized carbons (Fsp3) is 0.722. The second kappa shape index (κ2) is 8.69. The maximum absolute atomic E-state index is 4.83. The minimum atomic E-state index is 0.0849. The first kappa shape index (κ1) is 18.3. The lowest BCUT2D eigenvalue weighted by molar-refractivity contribution is 0.210. The smallest absolute Gasteiger partial charge is 0.191 e. The molecule has 0 bridgehead atoms. The Balaban J connectivity index is 1.89. The molecular formula is C18H32N4S. The molecule has 1 aliphatic heterocycles. The molecule has 2 heterocycles. The van der Waals surface area contributed by atoms with Crippen molar-refractivity contribution in [1.82, 2.24) is 15.5 Å². The number of hydrogen-bond donors (Lipinski definition) is 2. The zero-order valence-corrected chi connectivity index (χ0v) is 15.9. The van der Waals surface area contributed by atoms with E-state index in [1.807, 2.05) is 11.3 Å². The molecule has 1 fully saturated rings. The highest BCUT2D eigenvalue weighted by molar-refractivity contribution is 7.10. The molecule has 130 valence electrons. The van der Waals surface area contributed by atoms with Crippen molar-refractivity contribution in [3.05, 3.63) is 22.4 Å². The van der Waals surface area contributed by atoms with Gasteiger partial charge in [0.2, 0.25) is 0 Å². The van der Waals surface area contributed by atoms with Crippen molar-refractivity contribution in [2.45, 2.75) is 39.0 Å². The van der Waals surface area contributed by atoms with Gasteiger partial charge in [-0.2, -0.15) is 0 Å². The van der Waals surface area contributed by atoms with Gasteiger partial charge in [-0.25, -0.2) is 0 Å². The van der Waals surface area contributed by atoms with E-state index in [1.165, 1.54) is 30.8 Å². The number of hydrogen-bond acceptors (Lipinski definition) is 3. The highest BCUT2D eigenvalue weighted by Gasteiger charge is 2.22. The Morgan fingerprint density at radius 1 is 1.43 bits per heavy atom. The van der Waals surface area contributed by atoms with Gasteiger partial charge >= 0.3 is 0 Å².